The van der Waals surface area contributed by atoms with Gasteiger partial charge >= 0.3 is 0 Å². The van der Waals surface area contributed by atoms with Crippen molar-refractivity contribution in [2.24, 2.45) is 0 Å². The molecule has 0 spiro atoms. The Hall–Kier alpha value is -3.13. The molecule has 0 saturated heterocycles. The Morgan fingerprint density at radius 2 is 1.53 bits per heavy atom. The van der Waals surface area contributed by atoms with Crippen molar-refractivity contribution in [1.29, 1.82) is 0 Å². The maximum absolute atomic E-state index is 11.9. The minimum atomic E-state index is -0.447. The van der Waals surface area contributed by atoms with Gasteiger partial charge in [-0.15, -0.1) is 0 Å². The summed E-state index contributed by atoms with van der Waals surface area (Å²) < 4.78 is 10.8. The van der Waals surface area contributed by atoms with Gasteiger partial charge in [0.15, 0.2) is 18.3 Å². The van der Waals surface area contributed by atoms with Gasteiger partial charge < -0.3 is 9.47 Å². The molecule has 2 rings (SSSR count). The van der Waals surface area contributed by atoms with E-state index in [1.807, 2.05) is 49.4 Å². The average molecular weight is 430 g/mol. The summed E-state index contributed by atoms with van der Waals surface area (Å²) >= 11 is 4.98. The van der Waals surface area contributed by atoms with E-state index in [-0.39, 0.29) is 23.7 Å². The number of aryl methyl sites for hydroxylation is 1. The molecule has 2 aromatic carbocycles. The van der Waals surface area contributed by atoms with Crippen LogP contribution >= 0.6 is 12.2 Å². The van der Waals surface area contributed by atoms with Crippen LogP contribution in [0, 0.1) is 6.92 Å². The third-order valence-corrected chi connectivity index (χ3v) is 4.22. The highest BCUT2D eigenvalue weighted by Gasteiger charge is 2.13. The third-order valence-electron chi connectivity index (χ3n) is 4.02. The Balaban J connectivity index is 1.66. The van der Waals surface area contributed by atoms with E-state index in [0.717, 1.165) is 5.56 Å². The maximum atomic E-state index is 11.9. The topological polar surface area (TPSA) is 88.7 Å². The van der Waals surface area contributed by atoms with Gasteiger partial charge in [-0.3, -0.25) is 25.8 Å². The minimum Gasteiger partial charge on any atom is -0.484 e. The molecule has 0 aromatic heterocycles. The highest BCUT2D eigenvalue weighted by Crippen LogP contribution is 2.24. The number of amides is 2. The number of carbonyl (C=O) groups is 2. The van der Waals surface area contributed by atoms with Crippen molar-refractivity contribution >= 4 is 29.1 Å². The molecule has 0 aliphatic carbocycles. The fourth-order valence-electron chi connectivity index (χ4n) is 2.41. The molecular weight excluding hydrogens is 402 g/mol. The fraction of sp³-hybridized carbons (Fsp3) is 0.318. The molecule has 0 bridgehead atoms. The zero-order valence-electron chi connectivity index (χ0n) is 17.6. The molecule has 0 radical (unpaired) electrons. The van der Waals surface area contributed by atoms with Crippen molar-refractivity contribution in [3.8, 4) is 11.5 Å². The molecule has 2 aromatic rings. The summed E-state index contributed by atoms with van der Waals surface area (Å²) in [6.45, 7) is 7.90. The van der Waals surface area contributed by atoms with Crippen LogP contribution in [0.1, 0.15) is 31.9 Å². The number of benzene rings is 2. The van der Waals surface area contributed by atoms with Crippen molar-refractivity contribution in [2.45, 2.75) is 33.1 Å². The molecular formula is C22H27N3O4S. The van der Waals surface area contributed by atoms with Crippen molar-refractivity contribution in [3.63, 3.8) is 0 Å². The molecule has 0 saturated carbocycles. The largest absolute Gasteiger partial charge is 0.484 e. The van der Waals surface area contributed by atoms with E-state index >= 15 is 0 Å². The maximum Gasteiger partial charge on any atom is 0.276 e. The van der Waals surface area contributed by atoms with Gasteiger partial charge in [-0.05, 0) is 59.9 Å². The summed E-state index contributed by atoms with van der Waals surface area (Å²) in [6.07, 6.45) is 0. The Morgan fingerprint density at radius 1 is 0.900 bits per heavy atom. The average Bonchev–Trinajstić information content (AvgIpc) is 2.69. The van der Waals surface area contributed by atoms with Crippen molar-refractivity contribution in [3.05, 3.63) is 59.7 Å². The third kappa shape index (κ3) is 8.08. The van der Waals surface area contributed by atoms with E-state index in [1.165, 1.54) is 5.56 Å². The smallest absolute Gasteiger partial charge is 0.276 e. The SMILES string of the molecule is Cc1cccc(OCC(=O)NNC(=S)NC(=O)COc2ccc(C(C)(C)C)cc2)c1. The lowest BCUT2D eigenvalue weighted by Crippen LogP contribution is -2.50. The number of ether oxygens (including phenoxy) is 2. The summed E-state index contributed by atoms with van der Waals surface area (Å²) in [5.74, 6) is 0.285. The first-order valence-corrected chi connectivity index (χ1v) is 9.86. The molecule has 0 unspecified atom stereocenters. The van der Waals surface area contributed by atoms with E-state index in [4.69, 9.17) is 21.7 Å². The van der Waals surface area contributed by atoms with Gasteiger partial charge in [0.2, 0.25) is 0 Å². The summed E-state index contributed by atoms with van der Waals surface area (Å²) in [7, 11) is 0. The standard InChI is InChI=1S/C22H27N3O4S/c1-15-6-5-7-18(12-15)29-14-20(27)24-25-21(30)23-19(26)13-28-17-10-8-16(9-11-17)22(2,3)4/h5-12H,13-14H2,1-4H3,(H,24,27)(H2,23,25,26,30). The van der Waals surface area contributed by atoms with E-state index in [1.54, 1.807) is 6.07 Å². The Bertz CT molecular complexity index is 892. The van der Waals surface area contributed by atoms with Crippen molar-refractivity contribution in [1.82, 2.24) is 16.2 Å². The van der Waals surface area contributed by atoms with Crippen LogP contribution in [-0.4, -0.2) is 30.1 Å². The molecule has 3 N–H and O–H groups in total. The summed E-state index contributed by atoms with van der Waals surface area (Å²) in [5, 5.41) is 2.38. The molecule has 0 atom stereocenters. The van der Waals surface area contributed by atoms with Crippen LogP contribution in [0.5, 0.6) is 11.5 Å². The predicted octanol–water partition coefficient (Wildman–Crippen LogP) is 2.77. The summed E-state index contributed by atoms with van der Waals surface area (Å²) in [4.78, 5) is 23.7. The van der Waals surface area contributed by atoms with Crippen LogP contribution in [0.25, 0.3) is 0 Å². The number of hydrogen-bond acceptors (Lipinski definition) is 5. The summed E-state index contributed by atoms with van der Waals surface area (Å²) in [5.41, 5.74) is 7.05. The molecule has 160 valence electrons. The first-order chi connectivity index (χ1) is 14.1. The molecule has 0 heterocycles. The lowest BCUT2D eigenvalue weighted by atomic mass is 9.87. The first kappa shape index (κ1) is 23.2. The highest BCUT2D eigenvalue weighted by molar-refractivity contribution is 7.80. The summed E-state index contributed by atoms with van der Waals surface area (Å²) in [6, 6.07) is 14.9. The quantitative estimate of drug-likeness (QED) is 0.483. The van der Waals surface area contributed by atoms with Crippen LogP contribution in [0.3, 0.4) is 0 Å². The number of carbonyl (C=O) groups excluding carboxylic acids is 2. The van der Waals surface area contributed by atoms with Crippen LogP contribution < -0.4 is 25.6 Å². The second kappa shape index (κ2) is 10.6. The number of rotatable bonds is 6. The Labute approximate surface area is 182 Å². The Morgan fingerprint density at radius 3 is 2.17 bits per heavy atom. The zero-order valence-corrected chi connectivity index (χ0v) is 18.4. The van der Waals surface area contributed by atoms with Gasteiger partial charge in [0.05, 0.1) is 0 Å². The van der Waals surface area contributed by atoms with Gasteiger partial charge in [-0.25, -0.2) is 0 Å². The van der Waals surface area contributed by atoms with E-state index < -0.39 is 11.8 Å². The molecule has 0 fully saturated rings. The van der Waals surface area contributed by atoms with Crippen molar-refractivity contribution in [2.75, 3.05) is 13.2 Å². The molecule has 0 aliphatic heterocycles. The van der Waals surface area contributed by atoms with Crippen molar-refractivity contribution < 1.29 is 19.1 Å². The molecule has 30 heavy (non-hydrogen) atoms. The van der Waals surface area contributed by atoms with Crippen LogP contribution in [0.2, 0.25) is 0 Å². The zero-order chi connectivity index (χ0) is 22.1. The van der Waals surface area contributed by atoms with Gasteiger partial charge in [-0.1, -0.05) is 45.0 Å². The van der Waals surface area contributed by atoms with Gasteiger partial charge in [0.1, 0.15) is 11.5 Å². The molecule has 2 amide bonds. The minimum absolute atomic E-state index is 0.0449. The van der Waals surface area contributed by atoms with Gasteiger partial charge in [-0.2, -0.15) is 0 Å². The number of hydrogen-bond donors (Lipinski definition) is 3. The van der Waals surface area contributed by atoms with E-state index in [0.29, 0.717) is 11.5 Å². The predicted molar refractivity (Wildman–Crippen MR) is 119 cm³/mol. The van der Waals surface area contributed by atoms with Crippen LogP contribution in [0.15, 0.2) is 48.5 Å². The van der Waals surface area contributed by atoms with Gasteiger partial charge in [0, 0.05) is 0 Å². The Kier molecular flexibility index (Phi) is 8.17. The number of thiocarbonyl (C=S) groups is 1. The highest BCUT2D eigenvalue weighted by atomic mass is 32.1. The van der Waals surface area contributed by atoms with Crippen LogP contribution in [-0.2, 0) is 15.0 Å². The first-order valence-electron chi connectivity index (χ1n) is 9.45. The van der Waals surface area contributed by atoms with Gasteiger partial charge in [0.25, 0.3) is 11.8 Å². The lowest BCUT2D eigenvalue weighted by Gasteiger charge is -2.19. The lowest BCUT2D eigenvalue weighted by molar-refractivity contribution is -0.124. The normalized spacial score (nSPS) is 10.7. The van der Waals surface area contributed by atoms with E-state index in [9.17, 15) is 9.59 Å². The second-order valence-corrected chi connectivity index (χ2v) is 8.13. The number of nitrogens with one attached hydrogen (secondary N) is 3. The monoisotopic (exact) mass is 429 g/mol. The van der Waals surface area contributed by atoms with E-state index in [2.05, 4.69) is 36.9 Å². The molecule has 7 nitrogen and oxygen atoms in total. The van der Waals surface area contributed by atoms with Crippen LogP contribution in [0.4, 0.5) is 0 Å². The number of hydrazine groups is 1. The molecule has 8 heteroatoms. The fourth-order valence-corrected chi connectivity index (χ4v) is 2.58. The molecule has 0 aliphatic rings. The second-order valence-electron chi connectivity index (χ2n) is 7.72.